The van der Waals surface area contributed by atoms with Gasteiger partial charge in [0.2, 0.25) is 0 Å². The van der Waals surface area contributed by atoms with E-state index in [0.717, 1.165) is 0 Å². The van der Waals surface area contributed by atoms with Gasteiger partial charge in [-0.25, -0.2) is 4.79 Å². The maximum atomic E-state index is 10.5. The molecule has 11 heavy (non-hydrogen) atoms. The van der Waals surface area contributed by atoms with E-state index >= 15 is 0 Å². The van der Waals surface area contributed by atoms with Crippen LogP contribution in [0.1, 0.15) is 6.92 Å². The minimum absolute atomic E-state index is 0.196. The molecular formula is C5H10N4O2. The van der Waals surface area contributed by atoms with Gasteiger partial charge in [0.15, 0.2) is 0 Å². The lowest BCUT2D eigenvalue weighted by molar-refractivity contribution is 0.168. The number of amides is 1. The summed E-state index contributed by atoms with van der Waals surface area (Å²) in [5, 5.41) is 5.71. The Morgan fingerprint density at radius 1 is 1.91 bits per heavy atom. The van der Waals surface area contributed by atoms with Crippen LogP contribution >= 0.6 is 0 Å². The van der Waals surface area contributed by atoms with Crippen LogP contribution in [0.25, 0.3) is 10.4 Å². The van der Waals surface area contributed by atoms with Crippen LogP contribution in [0, 0.1) is 0 Å². The third-order valence-corrected chi connectivity index (χ3v) is 0.968. The molecule has 0 aliphatic heterocycles. The zero-order valence-electron chi connectivity index (χ0n) is 6.44. The maximum absolute atomic E-state index is 10.5. The molecule has 0 aliphatic rings. The minimum atomic E-state index is -0.523. The molecule has 1 atom stereocenters. The number of nitrogens with zero attached hydrogens (tertiary/aromatic N) is 3. The molecule has 0 unspecified atom stereocenters. The number of azide groups is 1. The van der Waals surface area contributed by atoms with Crippen LogP contribution in [0.4, 0.5) is 4.79 Å². The largest absolute Gasteiger partial charge is 0.453 e. The van der Waals surface area contributed by atoms with Gasteiger partial charge in [0.1, 0.15) is 0 Å². The standard InChI is InChI=1S/C5H10N4O2/c1-4(3-7-9-6)8-5(10)11-2/h4H,3H2,1-2H3,(H,8,10)/t4-/m1/s1. The molecule has 0 rings (SSSR count). The van der Waals surface area contributed by atoms with Gasteiger partial charge in [0.25, 0.3) is 0 Å². The molecule has 0 heterocycles. The van der Waals surface area contributed by atoms with E-state index in [9.17, 15) is 4.79 Å². The number of ether oxygens (including phenoxy) is 1. The monoisotopic (exact) mass is 158 g/mol. The molecule has 0 saturated carbocycles. The fourth-order valence-electron chi connectivity index (χ4n) is 0.465. The van der Waals surface area contributed by atoms with E-state index < -0.39 is 6.09 Å². The molecule has 0 aliphatic carbocycles. The first-order valence-corrected chi connectivity index (χ1v) is 3.06. The summed E-state index contributed by atoms with van der Waals surface area (Å²) in [5.41, 5.74) is 7.92. The van der Waals surface area contributed by atoms with E-state index in [-0.39, 0.29) is 12.6 Å². The number of hydrogen-bond acceptors (Lipinski definition) is 3. The third-order valence-electron chi connectivity index (χ3n) is 0.968. The Bertz CT molecular complexity index is 175. The molecule has 1 amide bonds. The van der Waals surface area contributed by atoms with E-state index in [1.54, 1.807) is 6.92 Å². The minimum Gasteiger partial charge on any atom is -0.453 e. The fraction of sp³-hybridized carbons (Fsp3) is 0.800. The average molecular weight is 158 g/mol. The van der Waals surface area contributed by atoms with Crippen molar-refractivity contribution in [2.75, 3.05) is 13.7 Å². The average Bonchev–Trinajstić information content (AvgIpc) is 2.00. The van der Waals surface area contributed by atoms with Crippen molar-refractivity contribution in [1.29, 1.82) is 0 Å². The van der Waals surface area contributed by atoms with Gasteiger partial charge in [-0.2, -0.15) is 0 Å². The molecule has 0 fully saturated rings. The van der Waals surface area contributed by atoms with Gasteiger partial charge in [-0.1, -0.05) is 5.11 Å². The molecule has 1 N–H and O–H groups in total. The van der Waals surface area contributed by atoms with Crippen molar-refractivity contribution in [3.63, 3.8) is 0 Å². The van der Waals surface area contributed by atoms with Gasteiger partial charge in [-0.3, -0.25) is 0 Å². The lowest BCUT2D eigenvalue weighted by Crippen LogP contribution is -2.34. The lowest BCUT2D eigenvalue weighted by atomic mass is 10.3. The fourth-order valence-corrected chi connectivity index (χ4v) is 0.465. The molecule has 6 heteroatoms. The molecule has 0 aromatic heterocycles. The SMILES string of the molecule is COC(=O)N[C@H](C)CN=[N+]=[N-]. The lowest BCUT2D eigenvalue weighted by Gasteiger charge is -2.08. The molecule has 0 saturated heterocycles. The highest BCUT2D eigenvalue weighted by atomic mass is 16.5. The van der Waals surface area contributed by atoms with Crippen molar-refractivity contribution in [3.8, 4) is 0 Å². The molecule has 62 valence electrons. The van der Waals surface area contributed by atoms with E-state index in [4.69, 9.17) is 5.53 Å². The second-order valence-corrected chi connectivity index (χ2v) is 1.95. The second kappa shape index (κ2) is 5.37. The molecule has 6 nitrogen and oxygen atoms in total. The molecule has 0 aromatic rings. The molecule has 0 radical (unpaired) electrons. The summed E-state index contributed by atoms with van der Waals surface area (Å²) in [7, 11) is 1.27. The summed E-state index contributed by atoms with van der Waals surface area (Å²) in [5.74, 6) is 0. The van der Waals surface area contributed by atoms with Crippen LogP contribution in [0.2, 0.25) is 0 Å². The second-order valence-electron chi connectivity index (χ2n) is 1.95. The van der Waals surface area contributed by atoms with Crippen LogP contribution in [0.3, 0.4) is 0 Å². The van der Waals surface area contributed by atoms with Crippen molar-refractivity contribution >= 4 is 6.09 Å². The van der Waals surface area contributed by atoms with Crippen LogP contribution in [-0.4, -0.2) is 25.8 Å². The van der Waals surface area contributed by atoms with Crippen molar-refractivity contribution in [3.05, 3.63) is 10.4 Å². The summed E-state index contributed by atoms with van der Waals surface area (Å²) >= 11 is 0. The summed E-state index contributed by atoms with van der Waals surface area (Å²) in [6, 6.07) is -0.196. The van der Waals surface area contributed by atoms with Crippen molar-refractivity contribution in [1.82, 2.24) is 5.32 Å². The first-order valence-electron chi connectivity index (χ1n) is 3.06. The van der Waals surface area contributed by atoms with Gasteiger partial charge < -0.3 is 10.1 Å². The van der Waals surface area contributed by atoms with E-state index in [1.165, 1.54) is 7.11 Å². The van der Waals surface area contributed by atoms with Gasteiger partial charge in [-0.05, 0) is 12.5 Å². The van der Waals surface area contributed by atoms with E-state index in [2.05, 4.69) is 20.1 Å². The Morgan fingerprint density at radius 3 is 3.00 bits per heavy atom. The predicted molar refractivity (Wildman–Crippen MR) is 39.0 cm³/mol. The van der Waals surface area contributed by atoms with Crippen molar-refractivity contribution < 1.29 is 9.53 Å². The van der Waals surface area contributed by atoms with Gasteiger partial charge in [-0.15, -0.1) is 0 Å². The van der Waals surface area contributed by atoms with Crippen LogP contribution in [-0.2, 0) is 4.74 Å². The van der Waals surface area contributed by atoms with E-state index in [0.29, 0.717) is 0 Å². The highest BCUT2D eigenvalue weighted by molar-refractivity contribution is 5.67. The first kappa shape index (κ1) is 9.58. The quantitative estimate of drug-likeness (QED) is 0.378. The number of alkyl carbamates (subject to hydrolysis) is 1. The summed E-state index contributed by atoms with van der Waals surface area (Å²) < 4.78 is 4.32. The van der Waals surface area contributed by atoms with Crippen molar-refractivity contribution in [2.45, 2.75) is 13.0 Å². The summed E-state index contributed by atoms with van der Waals surface area (Å²) in [6.45, 7) is 1.94. The Labute approximate surface area is 64.2 Å². The maximum Gasteiger partial charge on any atom is 0.407 e. The van der Waals surface area contributed by atoms with Crippen LogP contribution in [0.15, 0.2) is 5.11 Å². The van der Waals surface area contributed by atoms with E-state index in [1.807, 2.05) is 0 Å². The topological polar surface area (TPSA) is 87.1 Å². The van der Waals surface area contributed by atoms with Gasteiger partial charge in [0.05, 0.1) is 7.11 Å². The Kier molecular flexibility index (Phi) is 4.68. The predicted octanol–water partition coefficient (Wildman–Crippen LogP) is 1.04. The number of hydrogen-bond donors (Lipinski definition) is 1. The summed E-state index contributed by atoms with van der Waals surface area (Å²) in [6.07, 6.45) is -0.523. The third kappa shape index (κ3) is 5.05. The molecule has 0 spiro atoms. The highest BCUT2D eigenvalue weighted by Crippen LogP contribution is 1.84. The number of carbonyl (C=O) groups is 1. The van der Waals surface area contributed by atoms with Gasteiger partial charge in [0, 0.05) is 17.5 Å². The Hall–Kier alpha value is -1.42. The van der Waals surface area contributed by atoms with Crippen molar-refractivity contribution in [2.24, 2.45) is 5.11 Å². The highest BCUT2D eigenvalue weighted by Gasteiger charge is 2.03. The molecule has 0 aromatic carbocycles. The molecule has 0 bridgehead atoms. The molecular weight excluding hydrogens is 148 g/mol. The zero-order valence-corrected chi connectivity index (χ0v) is 6.44. The van der Waals surface area contributed by atoms with Crippen LogP contribution in [0.5, 0.6) is 0 Å². The normalized spacial score (nSPS) is 11.1. The van der Waals surface area contributed by atoms with Crippen LogP contribution < -0.4 is 5.32 Å². The summed E-state index contributed by atoms with van der Waals surface area (Å²) in [4.78, 5) is 13.1. The number of rotatable bonds is 3. The zero-order chi connectivity index (χ0) is 8.69. The van der Waals surface area contributed by atoms with Gasteiger partial charge >= 0.3 is 6.09 Å². The Balaban J connectivity index is 3.59. The number of methoxy groups -OCH3 is 1. The number of carbonyl (C=O) groups excluding carboxylic acids is 1. The Morgan fingerprint density at radius 2 is 2.55 bits per heavy atom. The first-order chi connectivity index (χ1) is 5.20. The number of nitrogens with one attached hydrogen (secondary N) is 1. The smallest absolute Gasteiger partial charge is 0.407 e.